The van der Waals surface area contributed by atoms with E-state index in [0.29, 0.717) is 13.2 Å². The summed E-state index contributed by atoms with van der Waals surface area (Å²) in [6, 6.07) is 7.84. The summed E-state index contributed by atoms with van der Waals surface area (Å²) < 4.78 is 10.9. The van der Waals surface area contributed by atoms with E-state index < -0.39 is 5.41 Å². The van der Waals surface area contributed by atoms with Gasteiger partial charge >= 0.3 is 0 Å². The van der Waals surface area contributed by atoms with E-state index in [4.69, 9.17) is 9.47 Å². The van der Waals surface area contributed by atoms with Crippen molar-refractivity contribution in [2.45, 2.75) is 39.4 Å². The molecule has 1 aliphatic heterocycles. The zero-order valence-electron chi connectivity index (χ0n) is 14.4. The lowest BCUT2D eigenvalue weighted by Gasteiger charge is -2.35. The highest BCUT2D eigenvalue weighted by molar-refractivity contribution is 5.95. The third-order valence-electron chi connectivity index (χ3n) is 4.26. The van der Waals surface area contributed by atoms with Crippen LogP contribution in [0.4, 0.5) is 5.69 Å². The zero-order chi connectivity index (χ0) is 16.7. The number of benzene rings is 1. The molecule has 0 atom stereocenters. The maximum absolute atomic E-state index is 12.7. The second-order valence-electron chi connectivity index (χ2n) is 6.47. The maximum Gasteiger partial charge on any atom is 0.233 e. The summed E-state index contributed by atoms with van der Waals surface area (Å²) in [7, 11) is 1.65. The minimum absolute atomic E-state index is 0.0482. The second kappa shape index (κ2) is 8.43. The molecule has 0 aliphatic carbocycles. The average molecular weight is 320 g/mol. The minimum Gasteiger partial charge on any atom is -0.384 e. The summed E-state index contributed by atoms with van der Waals surface area (Å²) in [4.78, 5) is 12.7. The number of methoxy groups -OCH3 is 1. The quantitative estimate of drug-likeness (QED) is 0.811. The summed E-state index contributed by atoms with van der Waals surface area (Å²) in [6.07, 6.45) is 1.81. The van der Waals surface area contributed by atoms with Gasteiger partial charge in [-0.1, -0.05) is 12.1 Å². The van der Waals surface area contributed by atoms with Crippen molar-refractivity contribution in [1.29, 1.82) is 0 Å². The number of hydrogen-bond acceptors (Lipinski definition) is 4. The third kappa shape index (κ3) is 5.03. The molecule has 0 radical (unpaired) electrons. The molecule has 2 N–H and O–H groups in total. The van der Waals surface area contributed by atoms with Gasteiger partial charge in [0.25, 0.3) is 0 Å². The van der Waals surface area contributed by atoms with Gasteiger partial charge in [0.05, 0.1) is 24.7 Å². The van der Waals surface area contributed by atoms with Crippen molar-refractivity contribution < 1.29 is 14.3 Å². The summed E-state index contributed by atoms with van der Waals surface area (Å²) >= 11 is 0. The highest BCUT2D eigenvalue weighted by Crippen LogP contribution is 2.31. The number of amides is 1. The summed E-state index contributed by atoms with van der Waals surface area (Å²) in [5.74, 6) is 0.0482. The molecule has 1 aromatic carbocycles. The first-order valence-electron chi connectivity index (χ1n) is 8.27. The fourth-order valence-corrected chi connectivity index (χ4v) is 2.83. The molecular weight excluding hydrogens is 292 g/mol. The molecule has 1 saturated heterocycles. The summed E-state index contributed by atoms with van der Waals surface area (Å²) in [6.45, 7) is 6.78. The molecule has 5 nitrogen and oxygen atoms in total. The Bertz CT molecular complexity index is 488. The lowest BCUT2D eigenvalue weighted by atomic mass is 9.78. The molecule has 128 valence electrons. The van der Waals surface area contributed by atoms with E-state index in [1.807, 2.05) is 38.1 Å². The van der Waals surface area contributed by atoms with Crippen molar-refractivity contribution in [3.63, 3.8) is 0 Å². The van der Waals surface area contributed by atoms with E-state index in [2.05, 4.69) is 10.6 Å². The SMILES string of the molecule is COCC1(C(=O)Nc2ccc(COC(C)C)cc2)CCNCC1. The van der Waals surface area contributed by atoms with Crippen LogP contribution in [0.1, 0.15) is 32.3 Å². The van der Waals surface area contributed by atoms with Gasteiger partial charge in [-0.2, -0.15) is 0 Å². The molecule has 1 fully saturated rings. The Morgan fingerprint density at radius 3 is 2.48 bits per heavy atom. The highest BCUT2D eigenvalue weighted by Gasteiger charge is 2.39. The Labute approximate surface area is 138 Å². The summed E-state index contributed by atoms with van der Waals surface area (Å²) in [5.41, 5.74) is 1.49. The number of piperidine rings is 1. The van der Waals surface area contributed by atoms with Gasteiger partial charge in [-0.05, 0) is 57.5 Å². The van der Waals surface area contributed by atoms with Crippen LogP contribution in [0.3, 0.4) is 0 Å². The van der Waals surface area contributed by atoms with Gasteiger partial charge in [0.2, 0.25) is 5.91 Å². The molecule has 1 aromatic rings. The van der Waals surface area contributed by atoms with Crippen LogP contribution in [0.15, 0.2) is 24.3 Å². The van der Waals surface area contributed by atoms with Gasteiger partial charge < -0.3 is 20.1 Å². The predicted molar refractivity (Wildman–Crippen MR) is 91.4 cm³/mol. The lowest BCUT2D eigenvalue weighted by Crippen LogP contribution is -2.47. The van der Waals surface area contributed by atoms with Crippen LogP contribution >= 0.6 is 0 Å². The van der Waals surface area contributed by atoms with Crippen LogP contribution in [0, 0.1) is 5.41 Å². The van der Waals surface area contributed by atoms with Crippen LogP contribution in [0.2, 0.25) is 0 Å². The highest BCUT2D eigenvalue weighted by atomic mass is 16.5. The number of carbonyl (C=O) groups excluding carboxylic acids is 1. The molecular formula is C18H28N2O3. The van der Waals surface area contributed by atoms with Gasteiger partial charge in [-0.3, -0.25) is 4.79 Å². The second-order valence-corrected chi connectivity index (χ2v) is 6.47. The number of nitrogens with one attached hydrogen (secondary N) is 2. The minimum atomic E-state index is -0.431. The molecule has 2 rings (SSSR count). The number of anilines is 1. The number of ether oxygens (including phenoxy) is 2. The Kier molecular flexibility index (Phi) is 6.57. The lowest BCUT2D eigenvalue weighted by molar-refractivity contribution is -0.130. The number of carbonyl (C=O) groups is 1. The van der Waals surface area contributed by atoms with E-state index in [0.717, 1.165) is 37.2 Å². The van der Waals surface area contributed by atoms with Crippen molar-refractivity contribution in [2.75, 3.05) is 32.1 Å². The molecule has 0 saturated carbocycles. The van der Waals surface area contributed by atoms with Gasteiger partial charge in [-0.15, -0.1) is 0 Å². The van der Waals surface area contributed by atoms with E-state index in [-0.39, 0.29) is 12.0 Å². The topological polar surface area (TPSA) is 59.6 Å². The fraction of sp³-hybridized carbons (Fsp3) is 0.611. The van der Waals surface area contributed by atoms with Gasteiger partial charge in [0.15, 0.2) is 0 Å². The Morgan fingerprint density at radius 1 is 1.26 bits per heavy atom. The summed E-state index contributed by atoms with van der Waals surface area (Å²) in [5, 5.41) is 6.34. The molecule has 0 unspecified atom stereocenters. The normalized spacial score (nSPS) is 17.2. The molecule has 1 amide bonds. The Hall–Kier alpha value is -1.43. The van der Waals surface area contributed by atoms with Crippen molar-refractivity contribution in [3.05, 3.63) is 29.8 Å². The van der Waals surface area contributed by atoms with E-state index >= 15 is 0 Å². The first kappa shape index (κ1) is 17.9. The van der Waals surface area contributed by atoms with Crippen LogP contribution in [-0.2, 0) is 20.9 Å². The number of hydrogen-bond donors (Lipinski definition) is 2. The Balaban J connectivity index is 1.98. The molecule has 1 heterocycles. The van der Waals surface area contributed by atoms with Gasteiger partial charge in [0, 0.05) is 12.8 Å². The van der Waals surface area contributed by atoms with Crippen LogP contribution in [0.25, 0.3) is 0 Å². The number of rotatable bonds is 7. The van der Waals surface area contributed by atoms with E-state index in [1.165, 1.54) is 0 Å². The molecule has 1 aliphatic rings. The average Bonchev–Trinajstić information content (AvgIpc) is 2.55. The molecule has 23 heavy (non-hydrogen) atoms. The zero-order valence-corrected chi connectivity index (χ0v) is 14.4. The van der Waals surface area contributed by atoms with E-state index in [1.54, 1.807) is 7.11 Å². The van der Waals surface area contributed by atoms with Gasteiger partial charge in [-0.25, -0.2) is 0 Å². The van der Waals surface area contributed by atoms with Crippen molar-refractivity contribution in [1.82, 2.24) is 5.32 Å². The molecule has 0 aromatic heterocycles. The van der Waals surface area contributed by atoms with Crippen molar-refractivity contribution >= 4 is 11.6 Å². The van der Waals surface area contributed by atoms with Gasteiger partial charge in [0.1, 0.15) is 0 Å². The predicted octanol–water partition coefficient (Wildman–Crippen LogP) is 2.57. The molecule has 0 bridgehead atoms. The first-order valence-corrected chi connectivity index (χ1v) is 8.27. The van der Waals surface area contributed by atoms with Crippen molar-refractivity contribution in [2.24, 2.45) is 5.41 Å². The van der Waals surface area contributed by atoms with Crippen LogP contribution < -0.4 is 10.6 Å². The first-order chi connectivity index (χ1) is 11.1. The fourth-order valence-electron chi connectivity index (χ4n) is 2.83. The van der Waals surface area contributed by atoms with Crippen molar-refractivity contribution in [3.8, 4) is 0 Å². The Morgan fingerprint density at radius 2 is 1.91 bits per heavy atom. The standard InChI is InChI=1S/C18H28N2O3/c1-14(2)23-12-15-4-6-16(7-5-15)20-17(21)18(13-22-3)8-10-19-11-9-18/h4-7,14,19H,8-13H2,1-3H3,(H,20,21). The third-order valence-corrected chi connectivity index (χ3v) is 4.26. The van der Waals surface area contributed by atoms with Crippen LogP contribution in [0.5, 0.6) is 0 Å². The largest absolute Gasteiger partial charge is 0.384 e. The van der Waals surface area contributed by atoms with Crippen LogP contribution in [-0.4, -0.2) is 38.8 Å². The smallest absolute Gasteiger partial charge is 0.233 e. The molecule has 5 heteroatoms. The monoisotopic (exact) mass is 320 g/mol. The molecule has 0 spiro atoms. The van der Waals surface area contributed by atoms with E-state index in [9.17, 15) is 4.79 Å². The maximum atomic E-state index is 12.7.